The molecule has 0 radical (unpaired) electrons. The van der Waals surface area contributed by atoms with Gasteiger partial charge in [-0.05, 0) is 39.0 Å². The minimum Gasteiger partial charge on any atom is -0.460 e. The summed E-state index contributed by atoms with van der Waals surface area (Å²) in [6, 6.07) is 0. The minimum atomic E-state index is -0.613. The van der Waals surface area contributed by atoms with Crippen molar-refractivity contribution in [3.8, 4) is 0 Å². The third kappa shape index (κ3) is 13.9. The van der Waals surface area contributed by atoms with Gasteiger partial charge in [-0.3, -0.25) is 0 Å². The van der Waals surface area contributed by atoms with Crippen molar-refractivity contribution in [3.05, 3.63) is 72.9 Å². The largest absolute Gasteiger partial charge is 0.460 e. The highest BCUT2D eigenvalue weighted by atomic mass is 16.5. The van der Waals surface area contributed by atoms with E-state index in [1.165, 1.54) is 6.08 Å². The van der Waals surface area contributed by atoms with Crippen LogP contribution < -0.4 is 0 Å². The monoisotopic (exact) mass is 416 g/mol. The molecule has 0 aromatic heterocycles. The Kier molecular flexibility index (Phi) is 14.3. The Morgan fingerprint density at radius 1 is 0.967 bits per heavy atom. The molecule has 0 saturated carbocycles. The van der Waals surface area contributed by atoms with Crippen molar-refractivity contribution in [2.45, 2.75) is 69.9 Å². The maximum atomic E-state index is 11.8. The average molecular weight is 417 g/mol. The topological polar surface area (TPSA) is 76.0 Å². The van der Waals surface area contributed by atoms with Gasteiger partial charge < -0.3 is 19.7 Å². The van der Waals surface area contributed by atoms with Crippen LogP contribution in [0.15, 0.2) is 72.9 Å². The van der Waals surface area contributed by atoms with Crippen LogP contribution in [0.4, 0.5) is 0 Å². The van der Waals surface area contributed by atoms with E-state index in [1.807, 2.05) is 37.3 Å². The van der Waals surface area contributed by atoms with Gasteiger partial charge in [0.25, 0.3) is 0 Å². The summed E-state index contributed by atoms with van der Waals surface area (Å²) in [4.78, 5) is 11.8. The minimum absolute atomic E-state index is 0.139. The number of hydrogen-bond donors (Lipinski definition) is 2. The van der Waals surface area contributed by atoms with E-state index in [-0.39, 0.29) is 18.2 Å². The second-order valence-electron chi connectivity index (χ2n) is 7.29. The van der Waals surface area contributed by atoms with Gasteiger partial charge in [0.05, 0.1) is 24.4 Å². The fourth-order valence-corrected chi connectivity index (χ4v) is 2.82. The lowest BCUT2D eigenvalue weighted by atomic mass is 10.1. The van der Waals surface area contributed by atoms with Crippen molar-refractivity contribution in [3.63, 3.8) is 0 Å². The van der Waals surface area contributed by atoms with Gasteiger partial charge in [0.1, 0.15) is 0 Å². The van der Waals surface area contributed by atoms with Crippen molar-refractivity contribution in [1.29, 1.82) is 0 Å². The molecule has 0 aromatic rings. The molecule has 5 nitrogen and oxygen atoms in total. The van der Waals surface area contributed by atoms with Crippen LogP contribution in [-0.4, -0.2) is 47.7 Å². The van der Waals surface area contributed by atoms with Crippen LogP contribution in [0.25, 0.3) is 0 Å². The molecule has 0 saturated heterocycles. The summed E-state index contributed by atoms with van der Waals surface area (Å²) < 4.78 is 10.7. The molecule has 0 aromatic carbocycles. The third-order valence-electron chi connectivity index (χ3n) is 4.52. The number of methoxy groups -OCH3 is 1. The number of hydrogen-bond acceptors (Lipinski definition) is 5. The molecule has 0 unspecified atom stereocenters. The highest BCUT2D eigenvalue weighted by Gasteiger charge is 2.09. The highest BCUT2D eigenvalue weighted by Crippen LogP contribution is 2.09. The van der Waals surface area contributed by atoms with E-state index in [1.54, 1.807) is 37.5 Å². The van der Waals surface area contributed by atoms with Crippen LogP contribution >= 0.6 is 0 Å². The summed E-state index contributed by atoms with van der Waals surface area (Å²) in [7, 11) is 1.63. The number of ether oxygens (including phenoxy) is 2. The average Bonchev–Trinajstić information content (AvgIpc) is 2.70. The van der Waals surface area contributed by atoms with Gasteiger partial charge in [-0.15, -0.1) is 0 Å². The number of allylic oxidation sites excluding steroid dienone is 7. The SMILES string of the molecule is CO[C@H]1/C=C/C=C/CCC[C@@H](C)OC(=O)/C=C\C=C\C[C@H](O)/C=C/C=C\C[C@H](O)C1. The lowest BCUT2D eigenvalue weighted by molar-refractivity contribution is -0.142. The maximum absolute atomic E-state index is 11.8. The van der Waals surface area contributed by atoms with E-state index in [9.17, 15) is 15.0 Å². The Balaban J connectivity index is 2.70. The molecule has 1 rings (SSSR count). The summed E-state index contributed by atoms with van der Waals surface area (Å²) in [5.41, 5.74) is 0. The first-order chi connectivity index (χ1) is 14.5. The first kappa shape index (κ1) is 25.8. The van der Waals surface area contributed by atoms with Crippen LogP contribution in [0, 0.1) is 0 Å². The second kappa shape index (κ2) is 16.6. The highest BCUT2D eigenvalue weighted by molar-refractivity contribution is 5.82. The van der Waals surface area contributed by atoms with E-state index in [0.29, 0.717) is 19.3 Å². The summed E-state index contributed by atoms with van der Waals surface area (Å²) in [5, 5.41) is 20.1. The molecule has 1 aliphatic heterocycles. The summed E-state index contributed by atoms with van der Waals surface area (Å²) in [6.45, 7) is 1.89. The maximum Gasteiger partial charge on any atom is 0.331 e. The number of esters is 1. The van der Waals surface area contributed by atoms with E-state index in [2.05, 4.69) is 6.08 Å². The van der Waals surface area contributed by atoms with Crippen LogP contribution in [0.3, 0.4) is 0 Å². The number of carbonyl (C=O) groups excluding carboxylic acids is 1. The quantitative estimate of drug-likeness (QED) is 0.622. The number of carbonyl (C=O) groups is 1. The zero-order chi connectivity index (χ0) is 22.0. The molecule has 4 atom stereocenters. The number of aliphatic hydroxyl groups excluding tert-OH is 2. The summed E-state index contributed by atoms with van der Waals surface area (Å²) in [6.07, 6.45) is 24.2. The van der Waals surface area contributed by atoms with E-state index in [0.717, 1.165) is 19.3 Å². The summed E-state index contributed by atoms with van der Waals surface area (Å²) in [5.74, 6) is -0.363. The molecular formula is C25H36O5. The van der Waals surface area contributed by atoms with Gasteiger partial charge in [-0.25, -0.2) is 4.79 Å². The first-order valence-corrected chi connectivity index (χ1v) is 10.6. The number of cyclic esters (lactones) is 1. The first-order valence-electron chi connectivity index (χ1n) is 10.6. The smallest absolute Gasteiger partial charge is 0.331 e. The Morgan fingerprint density at radius 2 is 1.67 bits per heavy atom. The molecule has 5 heteroatoms. The number of rotatable bonds is 1. The lowest BCUT2D eigenvalue weighted by Gasteiger charge is -2.14. The van der Waals surface area contributed by atoms with Gasteiger partial charge in [0, 0.05) is 19.6 Å². The van der Waals surface area contributed by atoms with Gasteiger partial charge >= 0.3 is 5.97 Å². The van der Waals surface area contributed by atoms with E-state index in [4.69, 9.17) is 9.47 Å². The predicted molar refractivity (Wildman–Crippen MR) is 121 cm³/mol. The number of aliphatic hydroxyl groups is 2. The Hall–Kier alpha value is -2.21. The zero-order valence-corrected chi connectivity index (χ0v) is 18.1. The molecule has 166 valence electrons. The molecule has 0 amide bonds. The molecule has 0 aliphatic carbocycles. The van der Waals surface area contributed by atoms with Gasteiger partial charge in [0.2, 0.25) is 0 Å². The molecule has 2 N–H and O–H groups in total. The van der Waals surface area contributed by atoms with Gasteiger partial charge in [0.15, 0.2) is 0 Å². The summed E-state index contributed by atoms with van der Waals surface area (Å²) >= 11 is 0. The molecule has 1 heterocycles. The van der Waals surface area contributed by atoms with Crippen LogP contribution in [0.5, 0.6) is 0 Å². The zero-order valence-electron chi connectivity index (χ0n) is 18.1. The fourth-order valence-electron chi connectivity index (χ4n) is 2.82. The molecule has 0 bridgehead atoms. The molecule has 30 heavy (non-hydrogen) atoms. The Labute approximate surface area is 180 Å². The Bertz CT molecular complexity index is 642. The molecular weight excluding hydrogens is 380 g/mol. The predicted octanol–water partition coefficient (Wildman–Crippen LogP) is 4.35. The normalized spacial score (nSPS) is 34.6. The Morgan fingerprint density at radius 3 is 2.47 bits per heavy atom. The van der Waals surface area contributed by atoms with Gasteiger partial charge in [-0.1, -0.05) is 66.8 Å². The van der Waals surface area contributed by atoms with Crippen LogP contribution in [0.1, 0.15) is 45.4 Å². The van der Waals surface area contributed by atoms with E-state index < -0.39 is 12.2 Å². The second-order valence-corrected chi connectivity index (χ2v) is 7.29. The van der Waals surface area contributed by atoms with Crippen LogP contribution in [0.2, 0.25) is 0 Å². The molecule has 1 aliphatic rings. The standard InChI is InChI=1S/C25H36O5/c1-21-14-8-4-3-5-12-18-24(29-2)20-23(27)17-11-6-9-15-22(26)16-10-7-13-19-25(28)30-21/h3,5-7,9-13,15,18-19,21-24,26-27H,4,8,14,16-17,20H2,1-2H3/b5-3+,10-7+,11-6-,15-9+,18-12+,19-13-/t21-,22-,23+,24+/m1/s1. The van der Waals surface area contributed by atoms with Crippen molar-refractivity contribution >= 4 is 5.97 Å². The molecule has 0 fully saturated rings. The van der Waals surface area contributed by atoms with Crippen molar-refractivity contribution in [2.24, 2.45) is 0 Å². The lowest BCUT2D eigenvalue weighted by Crippen LogP contribution is -2.17. The fraction of sp³-hybridized carbons (Fsp3) is 0.480. The van der Waals surface area contributed by atoms with E-state index >= 15 is 0 Å². The van der Waals surface area contributed by atoms with Crippen molar-refractivity contribution in [1.82, 2.24) is 0 Å². The van der Waals surface area contributed by atoms with Crippen molar-refractivity contribution in [2.75, 3.05) is 7.11 Å². The molecule has 0 spiro atoms. The van der Waals surface area contributed by atoms with Gasteiger partial charge in [-0.2, -0.15) is 0 Å². The van der Waals surface area contributed by atoms with Crippen molar-refractivity contribution < 1.29 is 24.5 Å². The van der Waals surface area contributed by atoms with Crippen LogP contribution in [-0.2, 0) is 14.3 Å². The third-order valence-corrected chi connectivity index (χ3v) is 4.52.